The summed E-state index contributed by atoms with van der Waals surface area (Å²) in [5.41, 5.74) is 2.35. The van der Waals surface area contributed by atoms with Gasteiger partial charge < -0.3 is 14.2 Å². The zero-order valence-electron chi connectivity index (χ0n) is 19.6. The first-order chi connectivity index (χ1) is 17.5. The van der Waals surface area contributed by atoms with Crippen LogP contribution in [0.2, 0.25) is 0 Å². The molecule has 4 rings (SSSR count). The molecule has 1 N–H and O–H groups in total. The molecule has 0 spiro atoms. The molecule has 0 aliphatic rings. The average Bonchev–Trinajstić information content (AvgIpc) is 3.20. The average molecular weight is 538 g/mol. The molecule has 0 aliphatic heterocycles. The van der Waals surface area contributed by atoms with E-state index >= 15 is 0 Å². The number of benzene rings is 3. The van der Waals surface area contributed by atoms with E-state index in [0.29, 0.717) is 24.2 Å². The lowest BCUT2D eigenvalue weighted by atomic mass is 10.1. The van der Waals surface area contributed by atoms with Gasteiger partial charge in [0.2, 0.25) is 0 Å². The number of anilines is 1. The SMILES string of the molecule is CN(CCCc1noc2cc(F)ccc12)Cc1cccc(NS(=O)(=O)c2ccc(OC(F)(F)F)cc2)c1. The zero-order chi connectivity index (χ0) is 26.6. The van der Waals surface area contributed by atoms with Crippen molar-refractivity contribution in [3.8, 4) is 5.75 Å². The van der Waals surface area contributed by atoms with Gasteiger partial charge in [-0.1, -0.05) is 17.3 Å². The van der Waals surface area contributed by atoms with Gasteiger partial charge in [-0.15, -0.1) is 13.2 Å². The summed E-state index contributed by atoms with van der Waals surface area (Å²) < 4.78 is 87.0. The highest BCUT2D eigenvalue weighted by molar-refractivity contribution is 7.92. The quantitative estimate of drug-likeness (QED) is 0.260. The van der Waals surface area contributed by atoms with E-state index < -0.39 is 22.1 Å². The molecule has 196 valence electrons. The Kier molecular flexibility index (Phi) is 7.69. The first-order valence-corrected chi connectivity index (χ1v) is 12.7. The van der Waals surface area contributed by atoms with E-state index in [0.717, 1.165) is 53.9 Å². The highest BCUT2D eigenvalue weighted by Crippen LogP contribution is 2.25. The number of nitrogens with zero attached hydrogens (tertiary/aromatic N) is 2. The third-order valence-corrected chi connectivity index (χ3v) is 6.86. The first kappa shape index (κ1) is 26.4. The number of aromatic nitrogens is 1. The van der Waals surface area contributed by atoms with Crippen LogP contribution in [0, 0.1) is 5.82 Å². The summed E-state index contributed by atoms with van der Waals surface area (Å²) in [7, 11) is -2.09. The van der Waals surface area contributed by atoms with Crippen molar-refractivity contribution in [2.45, 2.75) is 30.6 Å². The van der Waals surface area contributed by atoms with Crippen molar-refractivity contribution in [2.75, 3.05) is 18.3 Å². The van der Waals surface area contributed by atoms with E-state index in [1.54, 1.807) is 24.3 Å². The summed E-state index contributed by atoms with van der Waals surface area (Å²) in [6, 6.07) is 15.1. The van der Waals surface area contributed by atoms with Gasteiger partial charge in [-0.05, 0) is 80.5 Å². The smallest absolute Gasteiger partial charge is 0.406 e. The lowest BCUT2D eigenvalue weighted by Gasteiger charge is -2.17. The van der Waals surface area contributed by atoms with Crippen LogP contribution in [0.3, 0.4) is 0 Å². The second-order valence-corrected chi connectivity index (χ2v) is 10.1. The Morgan fingerprint density at radius 2 is 1.81 bits per heavy atom. The zero-order valence-corrected chi connectivity index (χ0v) is 20.4. The number of alkyl halides is 3. The van der Waals surface area contributed by atoms with Crippen molar-refractivity contribution < 1.29 is 35.2 Å². The lowest BCUT2D eigenvalue weighted by Crippen LogP contribution is -2.20. The summed E-state index contributed by atoms with van der Waals surface area (Å²) in [5, 5.41) is 4.81. The van der Waals surface area contributed by atoms with Crippen LogP contribution in [-0.2, 0) is 23.0 Å². The van der Waals surface area contributed by atoms with Crippen molar-refractivity contribution in [1.29, 1.82) is 0 Å². The number of aryl methyl sites for hydroxylation is 1. The summed E-state index contributed by atoms with van der Waals surface area (Å²) in [6.07, 6.45) is -3.44. The predicted molar refractivity (Wildman–Crippen MR) is 129 cm³/mol. The van der Waals surface area contributed by atoms with E-state index in [9.17, 15) is 26.0 Å². The molecule has 0 unspecified atom stereocenters. The Balaban J connectivity index is 1.32. The molecular weight excluding hydrogens is 514 g/mol. The maximum atomic E-state index is 13.3. The number of halogens is 4. The van der Waals surface area contributed by atoms with Crippen molar-refractivity contribution in [3.05, 3.63) is 83.8 Å². The molecule has 3 aromatic carbocycles. The molecule has 4 aromatic rings. The van der Waals surface area contributed by atoms with Gasteiger partial charge in [0.25, 0.3) is 10.0 Å². The Morgan fingerprint density at radius 3 is 2.54 bits per heavy atom. The summed E-state index contributed by atoms with van der Waals surface area (Å²) in [5.74, 6) is -0.894. The molecule has 7 nitrogen and oxygen atoms in total. The number of sulfonamides is 1. The molecule has 1 aromatic heterocycles. The van der Waals surface area contributed by atoms with Crippen molar-refractivity contribution in [2.24, 2.45) is 0 Å². The van der Waals surface area contributed by atoms with Crippen LogP contribution in [0.15, 0.2) is 76.1 Å². The van der Waals surface area contributed by atoms with Gasteiger partial charge in [-0.25, -0.2) is 12.8 Å². The summed E-state index contributed by atoms with van der Waals surface area (Å²) in [6.45, 7) is 1.27. The highest BCUT2D eigenvalue weighted by Gasteiger charge is 2.31. The maximum Gasteiger partial charge on any atom is 0.573 e. The van der Waals surface area contributed by atoms with E-state index in [2.05, 4.69) is 19.5 Å². The van der Waals surface area contributed by atoms with Crippen LogP contribution in [0.5, 0.6) is 5.75 Å². The van der Waals surface area contributed by atoms with Gasteiger partial charge in [0.15, 0.2) is 5.58 Å². The third kappa shape index (κ3) is 7.20. The van der Waals surface area contributed by atoms with Crippen LogP contribution < -0.4 is 9.46 Å². The molecule has 0 radical (unpaired) electrons. The summed E-state index contributed by atoms with van der Waals surface area (Å²) >= 11 is 0. The normalized spacial score (nSPS) is 12.3. The number of rotatable bonds is 10. The van der Waals surface area contributed by atoms with Crippen LogP contribution in [0.25, 0.3) is 11.0 Å². The fourth-order valence-corrected chi connectivity index (χ4v) is 4.87. The number of hydrogen-bond donors (Lipinski definition) is 1. The van der Waals surface area contributed by atoms with Gasteiger partial charge in [0.05, 0.1) is 10.6 Å². The molecule has 0 fully saturated rings. The maximum absolute atomic E-state index is 13.3. The number of ether oxygens (including phenoxy) is 1. The molecule has 0 atom stereocenters. The van der Waals surface area contributed by atoms with Crippen LogP contribution in [0.4, 0.5) is 23.2 Å². The van der Waals surface area contributed by atoms with Crippen molar-refractivity contribution in [1.82, 2.24) is 10.1 Å². The molecular formula is C25H23F4N3O4S. The van der Waals surface area contributed by atoms with Gasteiger partial charge in [-0.2, -0.15) is 0 Å². The first-order valence-electron chi connectivity index (χ1n) is 11.2. The number of fused-ring (bicyclic) bond motifs is 1. The van der Waals surface area contributed by atoms with Gasteiger partial charge in [0, 0.05) is 23.7 Å². The van der Waals surface area contributed by atoms with Crippen molar-refractivity contribution >= 4 is 26.7 Å². The number of nitrogens with one attached hydrogen (secondary N) is 1. The van der Waals surface area contributed by atoms with E-state index in [1.165, 1.54) is 12.1 Å². The van der Waals surface area contributed by atoms with E-state index in [4.69, 9.17) is 4.52 Å². The molecule has 0 saturated heterocycles. The molecule has 1 heterocycles. The largest absolute Gasteiger partial charge is 0.573 e. The summed E-state index contributed by atoms with van der Waals surface area (Å²) in [4.78, 5) is 1.86. The Labute approximate surface area is 210 Å². The number of hydrogen-bond acceptors (Lipinski definition) is 6. The predicted octanol–water partition coefficient (Wildman–Crippen LogP) is 5.73. The second-order valence-electron chi connectivity index (χ2n) is 8.44. The molecule has 12 heteroatoms. The van der Waals surface area contributed by atoms with E-state index in [1.807, 2.05) is 13.1 Å². The minimum absolute atomic E-state index is 0.201. The van der Waals surface area contributed by atoms with Crippen LogP contribution in [-0.4, -0.2) is 38.4 Å². The fraction of sp³-hybridized carbons (Fsp3) is 0.240. The third-order valence-electron chi connectivity index (χ3n) is 5.46. The highest BCUT2D eigenvalue weighted by atomic mass is 32.2. The molecule has 0 amide bonds. The Bertz CT molecular complexity index is 1470. The minimum Gasteiger partial charge on any atom is -0.406 e. The standard InChI is InChI=1S/C25H23F4N3O4S/c1-32(13-3-6-23-22-12-7-18(26)15-24(22)36-30-23)16-17-4-2-5-19(14-17)31-37(33,34)21-10-8-20(9-11-21)35-25(27,28)29/h2,4-5,7-12,14-15,31H,3,6,13,16H2,1H3. The van der Waals surface area contributed by atoms with Gasteiger partial charge in [0.1, 0.15) is 11.6 Å². The monoisotopic (exact) mass is 537 g/mol. The van der Waals surface area contributed by atoms with Crippen LogP contribution in [0.1, 0.15) is 17.7 Å². The van der Waals surface area contributed by atoms with E-state index in [-0.39, 0.29) is 10.7 Å². The van der Waals surface area contributed by atoms with Gasteiger partial charge >= 0.3 is 6.36 Å². The molecule has 0 saturated carbocycles. The van der Waals surface area contributed by atoms with Gasteiger partial charge in [-0.3, -0.25) is 4.72 Å². The Hall–Kier alpha value is -3.64. The second kappa shape index (κ2) is 10.8. The molecule has 0 aliphatic carbocycles. The molecule has 0 bridgehead atoms. The minimum atomic E-state index is -4.86. The van der Waals surface area contributed by atoms with Crippen molar-refractivity contribution in [3.63, 3.8) is 0 Å². The molecule has 37 heavy (non-hydrogen) atoms. The lowest BCUT2D eigenvalue weighted by molar-refractivity contribution is -0.274. The fourth-order valence-electron chi connectivity index (χ4n) is 3.82. The Morgan fingerprint density at radius 1 is 1.05 bits per heavy atom. The topological polar surface area (TPSA) is 84.7 Å². The van der Waals surface area contributed by atoms with Crippen LogP contribution >= 0.6 is 0 Å².